The number of hydrogen-bond donors (Lipinski definition) is 2. The van der Waals surface area contributed by atoms with Gasteiger partial charge < -0.3 is 15.2 Å². The first-order chi connectivity index (χ1) is 12.0. The Morgan fingerprint density at radius 1 is 1.28 bits per heavy atom. The average Bonchev–Trinajstić information content (AvgIpc) is 3.33. The summed E-state index contributed by atoms with van der Waals surface area (Å²) in [7, 11) is 0. The van der Waals surface area contributed by atoms with Gasteiger partial charge >= 0.3 is 0 Å². The highest BCUT2D eigenvalue weighted by Gasteiger charge is 2.62. The van der Waals surface area contributed by atoms with Crippen molar-refractivity contribution in [1.29, 1.82) is 0 Å². The Morgan fingerprint density at radius 3 is 2.68 bits per heavy atom. The van der Waals surface area contributed by atoms with Crippen LogP contribution in [-0.2, 0) is 4.79 Å². The van der Waals surface area contributed by atoms with Gasteiger partial charge in [0.05, 0.1) is 5.69 Å². The van der Waals surface area contributed by atoms with E-state index in [2.05, 4.69) is 10.3 Å². The summed E-state index contributed by atoms with van der Waals surface area (Å²) in [6.45, 7) is 3.56. The fourth-order valence-corrected chi connectivity index (χ4v) is 4.12. The summed E-state index contributed by atoms with van der Waals surface area (Å²) in [6, 6.07) is 3.25. The van der Waals surface area contributed by atoms with Crippen LogP contribution in [0.5, 0.6) is 0 Å². The van der Waals surface area contributed by atoms with Crippen molar-refractivity contribution in [1.82, 2.24) is 15.2 Å². The Bertz CT molecular complexity index is 719. The maximum atomic E-state index is 12.4. The molecule has 3 fully saturated rings. The highest BCUT2D eigenvalue weighted by Crippen LogP contribution is 2.71. The van der Waals surface area contributed by atoms with Gasteiger partial charge in [-0.3, -0.25) is 14.4 Å². The van der Waals surface area contributed by atoms with Gasteiger partial charge in [0.15, 0.2) is 5.78 Å². The Morgan fingerprint density at radius 2 is 2.04 bits per heavy atom. The molecule has 25 heavy (non-hydrogen) atoms. The summed E-state index contributed by atoms with van der Waals surface area (Å²) in [6.07, 6.45) is 5.55. The molecular weight excluding hydrogens is 318 g/mol. The lowest BCUT2D eigenvalue weighted by atomic mass is 10.1. The molecule has 4 rings (SSSR count). The van der Waals surface area contributed by atoms with Crippen molar-refractivity contribution < 1.29 is 14.4 Å². The number of Topliss-reactive ketones (excluding diaryl/α,β-unsaturated/α-hetero) is 1. The molecule has 1 aromatic heterocycles. The first kappa shape index (κ1) is 16.4. The van der Waals surface area contributed by atoms with Gasteiger partial charge in [0.1, 0.15) is 5.69 Å². The van der Waals surface area contributed by atoms with E-state index >= 15 is 0 Å². The number of amides is 2. The normalized spacial score (nSPS) is 25.9. The van der Waals surface area contributed by atoms with Crippen molar-refractivity contribution in [3.63, 3.8) is 0 Å². The number of hydrogen-bond acceptors (Lipinski definition) is 3. The highest BCUT2D eigenvalue weighted by molar-refractivity contribution is 5.97. The number of carbonyl (C=O) groups is 3. The van der Waals surface area contributed by atoms with Crippen LogP contribution in [0.2, 0.25) is 0 Å². The third kappa shape index (κ3) is 3.34. The van der Waals surface area contributed by atoms with E-state index in [1.807, 2.05) is 4.90 Å². The zero-order valence-corrected chi connectivity index (χ0v) is 14.6. The molecule has 0 bridgehead atoms. The van der Waals surface area contributed by atoms with Crippen LogP contribution in [0.1, 0.15) is 60.0 Å². The number of nitrogens with zero attached hydrogens (tertiary/aromatic N) is 1. The molecule has 1 aliphatic heterocycles. The average molecular weight is 343 g/mol. The lowest BCUT2D eigenvalue weighted by molar-refractivity contribution is -0.130. The minimum absolute atomic E-state index is 0.0902. The smallest absolute Gasteiger partial charge is 0.267 e. The maximum absolute atomic E-state index is 12.4. The van der Waals surface area contributed by atoms with Gasteiger partial charge in [-0.05, 0) is 55.1 Å². The van der Waals surface area contributed by atoms with Crippen LogP contribution < -0.4 is 5.32 Å². The molecule has 2 atom stereocenters. The van der Waals surface area contributed by atoms with Gasteiger partial charge in [0, 0.05) is 33.0 Å². The fraction of sp³-hybridized carbons (Fsp3) is 0.632. The molecule has 2 N–H and O–H groups in total. The molecule has 1 saturated heterocycles. The van der Waals surface area contributed by atoms with Crippen LogP contribution in [0.4, 0.5) is 0 Å². The molecule has 0 radical (unpaired) electrons. The van der Waals surface area contributed by atoms with Crippen LogP contribution in [0.15, 0.2) is 12.1 Å². The fourth-order valence-electron chi connectivity index (χ4n) is 4.12. The Hall–Kier alpha value is -2.11. The molecule has 134 valence electrons. The number of rotatable bonds is 6. The van der Waals surface area contributed by atoms with Crippen molar-refractivity contribution >= 4 is 17.6 Å². The highest BCUT2D eigenvalue weighted by atomic mass is 16.2. The van der Waals surface area contributed by atoms with Crippen molar-refractivity contribution in [2.45, 2.75) is 39.0 Å². The lowest BCUT2D eigenvalue weighted by Crippen LogP contribution is -2.33. The van der Waals surface area contributed by atoms with Crippen molar-refractivity contribution in [3.05, 3.63) is 23.5 Å². The molecule has 2 amide bonds. The van der Waals surface area contributed by atoms with Gasteiger partial charge in [0.25, 0.3) is 5.91 Å². The topological polar surface area (TPSA) is 82.3 Å². The molecule has 1 spiro atoms. The van der Waals surface area contributed by atoms with Crippen molar-refractivity contribution in [3.8, 4) is 0 Å². The largest absolute Gasteiger partial charge is 0.350 e. The molecule has 6 nitrogen and oxygen atoms in total. The van der Waals surface area contributed by atoms with Gasteiger partial charge in [-0.1, -0.05) is 0 Å². The minimum Gasteiger partial charge on any atom is -0.350 e. The van der Waals surface area contributed by atoms with E-state index in [1.165, 1.54) is 26.2 Å². The maximum Gasteiger partial charge on any atom is 0.267 e. The van der Waals surface area contributed by atoms with Gasteiger partial charge in [-0.15, -0.1) is 0 Å². The van der Waals surface area contributed by atoms with Crippen molar-refractivity contribution in [2.24, 2.45) is 17.3 Å². The van der Waals surface area contributed by atoms with Crippen LogP contribution >= 0.6 is 0 Å². The molecule has 1 aromatic rings. The third-order valence-electron chi connectivity index (χ3n) is 6.17. The summed E-state index contributed by atoms with van der Waals surface area (Å²) in [5.74, 6) is 0.947. The van der Waals surface area contributed by atoms with E-state index in [9.17, 15) is 14.4 Å². The Balaban J connectivity index is 1.21. The Kier molecular flexibility index (Phi) is 3.93. The molecule has 0 aromatic carbocycles. The van der Waals surface area contributed by atoms with Crippen LogP contribution in [0.25, 0.3) is 0 Å². The monoisotopic (exact) mass is 343 g/mol. The summed E-state index contributed by atoms with van der Waals surface area (Å²) in [5, 5.41) is 2.91. The van der Waals surface area contributed by atoms with E-state index in [0.717, 1.165) is 25.9 Å². The number of ketones is 1. The number of aromatic amines is 1. The summed E-state index contributed by atoms with van der Waals surface area (Å²) in [4.78, 5) is 40.6. The van der Waals surface area contributed by atoms with E-state index in [0.29, 0.717) is 35.2 Å². The quantitative estimate of drug-likeness (QED) is 0.775. The molecule has 6 heteroatoms. The molecule has 2 unspecified atom stereocenters. The molecule has 2 saturated carbocycles. The van der Waals surface area contributed by atoms with Crippen LogP contribution in [-0.4, -0.2) is 47.1 Å². The third-order valence-corrected chi connectivity index (χ3v) is 6.17. The second kappa shape index (κ2) is 6.00. The van der Waals surface area contributed by atoms with Crippen LogP contribution in [0, 0.1) is 17.3 Å². The standard InChI is InChI=1S/C19H25N3O3/c1-12(23)15-2-3-16(21-15)18(25)20-10-13-4-7-22(11-13)17(24)8-14-9-19(14)5-6-19/h2-3,13-14,21H,4-11H2,1H3,(H,20,25). The van der Waals surface area contributed by atoms with E-state index in [1.54, 1.807) is 12.1 Å². The molecule has 2 heterocycles. The first-order valence-electron chi connectivity index (χ1n) is 9.23. The SMILES string of the molecule is CC(=O)c1ccc(C(=O)NCC2CCN(C(=O)CC3CC34CC4)C2)[nH]1. The molecule has 3 aliphatic rings. The summed E-state index contributed by atoms with van der Waals surface area (Å²) in [5.41, 5.74) is 1.42. The van der Waals surface area contributed by atoms with Gasteiger partial charge in [-0.25, -0.2) is 0 Å². The minimum atomic E-state index is -0.203. The predicted molar refractivity (Wildman–Crippen MR) is 92.2 cm³/mol. The number of likely N-dealkylation sites (tertiary alicyclic amines) is 1. The zero-order valence-electron chi connectivity index (χ0n) is 14.6. The molecule has 2 aliphatic carbocycles. The zero-order chi connectivity index (χ0) is 17.6. The van der Waals surface area contributed by atoms with Crippen molar-refractivity contribution in [2.75, 3.05) is 19.6 Å². The number of carbonyl (C=O) groups excluding carboxylic acids is 3. The first-order valence-corrected chi connectivity index (χ1v) is 9.23. The summed E-state index contributed by atoms with van der Waals surface area (Å²) >= 11 is 0. The second-order valence-electron chi connectivity index (χ2n) is 8.01. The number of H-pyrrole nitrogens is 1. The number of aromatic nitrogens is 1. The van der Waals surface area contributed by atoms with Gasteiger partial charge in [0.2, 0.25) is 5.91 Å². The lowest BCUT2D eigenvalue weighted by Gasteiger charge is -2.17. The van der Waals surface area contributed by atoms with E-state index in [-0.39, 0.29) is 17.6 Å². The molecular formula is C19H25N3O3. The summed E-state index contributed by atoms with van der Waals surface area (Å²) < 4.78 is 0. The van der Waals surface area contributed by atoms with E-state index in [4.69, 9.17) is 0 Å². The van der Waals surface area contributed by atoms with Gasteiger partial charge in [-0.2, -0.15) is 0 Å². The Labute approximate surface area is 147 Å². The predicted octanol–water partition coefficient (Wildman–Crippen LogP) is 1.99. The van der Waals surface area contributed by atoms with E-state index < -0.39 is 0 Å². The number of nitrogens with one attached hydrogen (secondary N) is 2. The second-order valence-corrected chi connectivity index (χ2v) is 8.01. The van der Waals surface area contributed by atoms with Crippen LogP contribution in [0.3, 0.4) is 0 Å².